The highest BCUT2D eigenvalue weighted by atomic mass is 16.7. The molecule has 0 saturated carbocycles. The number of hydrogen-bond acceptors (Lipinski definition) is 9. The minimum absolute atomic E-state index is 0.0129. The van der Waals surface area contributed by atoms with E-state index in [4.69, 9.17) is 23.7 Å². The van der Waals surface area contributed by atoms with Crippen molar-refractivity contribution in [2.45, 2.75) is 63.5 Å². The van der Waals surface area contributed by atoms with Crippen LogP contribution in [-0.2, 0) is 51.5 Å². The Morgan fingerprint density at radius 3 is 2.19 bits per heavy atom. The van der Waals surface area contributed by atoms with E-state index in [9.17, 15) is 14.7 Å². The number of rotatable bonds is 14. The summed E-state index contributed by atoms with van der Waals surface area (Å²) in [5.74, 6) is 0.978. The second-order valence-corrected chi connectivity index (χ2v) is 14.7. The van der Waals surface area contributed by atoms with Crippen molar-refractivity contribution >= 4 is 12.0 Å². The third kappa shape index (κ3) is 10.0. The largest absolute Gasteiger partial charge is 0.493 e. The first-order chi connectivity index (χ1) is 28.3. The Morgan fingerprint density at radius 2 is 1.48 bits per heavy atom. The summed E-state index contributed by atoms with van der Waals surface area (Å²) in [5, 5.41) is 15.3. The number of aliphatic hydroxyl groups is 1. The van der Waals surface area contributed by atoms with Crippen molar-refractivity contribution in [3.8, 4) is 22.6 Å². The SMILES string of the molecule is COC(=O)[C@H](Cc1ccccc1)NC(=O)NCc1cccc(-c2ccc([C@H]3O[C@@H](CN4CCc5cc(OC)c(OC)cc5C4)C[C@@H](c4ccc(CO)cc4)O3)cc2)c1. The number of hydrogen-bond donors (Lipinski definition) is 3. The van der Waals surface area contributed by atoms with Crippen molar-refractivity contribution in [3.05, 3.63) is 154 Å². The molecule has 0 bridgehead atoms. The van der Waals surface area contributed by atoms with E-state index in [1.54, 1.807) is 14.2 Å². The lowest BCUT2D eigenvalue weighted by Gasteiger charge is -2.39. The molecule has 11 nitrogen and oxygen atoms in total. The number of aliphatic hydroxyl groups excluding tert-OH is 1. The maximum atomic E-state index is 12.9. The van der Waals surface area contributed by atoms with Crippen LogP contribution in [0.4, 0.5) is 4.79 Å². The van der Waals surface area contributed by atoms with Gasteiger partial charge in [-0.2, -0.15) is 0 Å². The molecule has 302 valence electrons. The molecule has 11 heteroatoms. The van der Waals surface area contributed by atoms with Crippen LogP contribution in [0.5, 0.6) is 11.5 Å². The number of carbonyl (C=O) groups is 2. The molecule has 7 rings (SSSR count). The molecule has 4 atom stereocenters. The molecular weight excluding hydrogens is 735 g/mol. The molecule has 5 aromatic carbocycles. The standard InChI is InChI=1S/C47H51N3O8/c1-54-43-24-38-20-21-50(28-39(38)25-44(43)55-2)29-40-26-42(35-14-12-32(30-51)13-15-35)58-46(57-40)36-18-16-34(17-19-36)37-11-7-10-33(22-37)27-48-47(53)49-41(45(52)56-3)23-31-8-5-4-6-9-31/h4-19,22,24-25,40-42,46,51H,20-21,23,26-30H2,1-3H3,(H2,48,49,53)/t40-,41+,42+,46+/m1/s1. The first kappa shape index (κ1) is 40.5. The normalized spacial score (nSPS) is 18.4. The topological polar surface area (TPSA) is 128 Å². The Labute approximate surface area is 339 Å². The molecule has 0 aromatic heterocycles. The Balaban J connectivity index is 1.02. The second kappa shape index (κ2) is 19.1. The number of carbonyl (C=O) groups excluding carboxylic acids is 2. The van der Waals surface area contributed by atoms with Crippen LogP contribution in [-0.4, -0.2) is 68.6 Å². The highest BCUT2D eigenvalue weighted by Crippen LogP contribution is 2.40. The minimum Gasteiger partial charge on any atom is -0.493 e. The van der Waals surface area contributed by atoms with E-state index in [1.165, 1.54) is 18.2 Å². The number of fused-ring (bicyclic) bond motifs is 1. The maximum Gasteiger partial charge on any atom is 0.328 e. The van der Waals surface area contributed by atoms with E-state index < -0.39 is 24.3 Å². The lowest BCUT2D eigenvalue weighted by atomic mass is 9.96. The number of esters is 1. The van der Waals surface area contributed by atoms with Crippen molar-refractivity contribution in [1.29, 1.82) is 0 Å². The van der Waals surface area contributed by atoms with Crippen LogP contribution in [0.2, 0.25) is 0 Å². The molecule has 0 spiro atoms. The summed E-state index contributed by atoms with van der Waals surface area (Å²) in [6, 6.07) is 36.5. The van der Waals surface area contributed by atoms with Gasteiger partial charge in [0, 0.05) is 44.6 Å². The van der Waals surface area contributed by atoms with Gasteiger partial charge in [0.25, 0.3) is 0 Å². The lowest BCUT2D eigenvalue weighted by molar-refractivity contribution is -0.253. The van der Waals surface area contributed by atoms with Gasteiger partial charge in [0.05, 0.1) is 40.1 Å². The van der Waals surface area contributed by atoms with E-state index in [0.29, 0.717) is 12.8 Å². The Kier molecular flexibility index (Phi) is 13.4. The number of nitrogens with one attached hydrogen (secondary N) is 2. The van der Waals surface area contributed by atoms with Gasteiger partial charge in [-0.05, 0) is 69.1 Å². The van der Waals surface area contributed by atoms with Crippen molar-refractivity contribution in [2.24, 2.45) is 0 Å². The van der Waals surface area contributed by atoms with E-state index in [-0.39, 0.29) is 25.4 Å². The fraction of sp³-hybridized carbons (Fsp3) is 0.319. The van der Waals surface area contributed by atoms with Gasteiger partial charge < -0.3 is 39.4 Å². The molecule has 0 radical (unpaired) electrons. The number of urea groups is 1. The van der Waals surface area contributed by atoms with Crippen molar-refractivity contribution in [3.63, 3.8) is 0 Å². The molecule has 0 aliphatic carbocycles. The smallest absolute Gasteiger partial charge is 0.328 e. The zero-order chi connectivity index (χ0) is 40.4. The Bertz CT molecular complexity index is 2140. The summed E-state index contributed by atoms with van der Waals surface area (Å²) in [7, 11) is 4.64. The molecule has 5 aromatic rings. The minimum atomic E-state index is -0.816. The summed E-state index contributed by atoms with van der Waals surface area (Å²) >= 11 is 0. The first-order valence-corrected chi connectivity index (χ1v) is 19.6. The molecule has 2 heterocycles. The van der Waals surface area contributed by atoms with Crippen LogP contribution >= 0.6 is 0 Å². The van der Waals surface area contributed by atoms with E-state index in [1.807, 2.05) is 91.0 Å². The average molecular weight is 786 g/mol. The fourth-order valence-electron chi connectivity index (χ4n) is 7.69. The number of benzene rings is 5. The Hall–Kier alpha value is -5.72. The van der Waals surface area contributed by atoms with Gasteiger partial charge >= 0.3 is 12.0 Å². The molecule has 1 saturated heterocycles. The summed E-state index contributed by atoms with van der Waals surface area (Å²) in [6.45, 7) is 2.69. The molecule has 0 unspecified atom stereocenters. The van der Waals surface area contributed by atoms with Crippen LogP contribution in [0, 0.1) is 0 Å². The maximum absolute atomic E-state index is 12.9. The molecular formula is C47H51N3O8. The summed E-state index contributed by atoms with van der Waals surface area (Å²) in [4.78, 5) is 27.7. The number of amides is 2. The molecule has 2 aliphatic heterocycles. The highest BCUT2D eigenvalue weighted by molar-refractivity contribution is 5.83. The molecule has 1 fully saturated rings. The van der Waals surface area contributed by atoms with E-state index in [0.717, 1.165) is 76.5 Å². The molecule has 2 amide bonds. The molecule has 2 aliphatic rings. The average Bonchev–Trinajstić information content (AvgIpc) is 3.27. The summed E-state index contributed by atoms with van der Waals surface area (Å²) in [5.41, 5.74) is 9.14. The van der Waals surface area contributed by atoms with Crippen molar-refractivity contribution < 1.29 is 38.4 Å². The number of ether oxygens (including phenoxy) is 5. The van der Waals surface area contributed by atoms with Gasteiger partial charge in [0.15, 0.2) is 17.8 Å². The van der Waals surface area contributed by atoms with Gasteiger partial charge in [-0.1, -0.05) is 97.1 Å². The monoisotopic (exact) mass is 785 g/mol. The van der Waals surface area contributed by atoms with E-state index in [2.05, 4.69) is 39.8 Å². The van der Waals surface area contributed by atoms with Gasteiger partial charge in [0.2, 0.25) is 0 Å². The highest BCUT2D eigenvalue weighted by Gasteiger charge is 2.34. The predicted octanol–water partition coefficient (Wildman–Crippen LogP) is 7.05. The zero-order valence-corrected chi connectivity index (χ0v) is 33.2. The quantitative estimate of drug-likeness (QED) is 0.102. The van der Waals surface area contributed by atoms with E-state index >= 15 is 0 Å². The summed E-state index contributed by atoms with van der Waals surface area (Å²) < 4.78 is 29.5. The second-order valence-electron chi connectivity index (χ2n) is 14.7. The van der Waals surface area contributed by atoms with Crippen LogP contribution in [0.15, 0.2) is 115 Å². The van der Waals surface area contributed by atoms with Gasteiger partial charge in [-0.25, -0.2) is 9.59 Å². The van der Waals surface area contributed by atoms with Crippen LogP contribution < -0.4 is 20.1 Å². The third-order valence-electron chi connectivity index (χ3n) is 10.8. The van der Waals surface area contributed by atoms with Crippen molar-refractivity contribution in [1.82, 2.24) is 15.5 Å². The summed E-state index contributed by atoms with van der Waals surface area (Å²) in [6.07, 6.45) is 1.05. The van der Waals surface area contributed by atoms with Crippen LogP contribution in [0.1, 0.15) is 57.8 Å². The molecule has 3 N–H and O–H groups in total. The van der Waals surface area contributed by atoms with Gasteiger partial charge in [0.1, 0.15) is 6.04 Å². The lowest BCUT2D eigenvalue weighted by Crippen LogP contribution is -2.47. The number of methoxy groups -OCH3 is 3. The zero-order valence-electron chi connectivity index (χ0n) is 33.2. The number of nitrogens with zero attached hydrogens (tertiary/aromatic N) is 1. The predicted molar refractivity (Wildman–Crippen MR) is 220 cm³/mol. The Morgan fingerprint density at radius 1 is 0.776 bits per heavy atom. The van der Waals surface area contributed by atoms with Gasteiger partial charge in [-0.3, -0.25) is 4.90 Å². The third-order valence-corrected chi connectivity index (χ3v) is 10.8. The van der Waals surface area contributed by atoms with Gasteiger partial charge in [-0.15, -0.1) is 0 Å². The first-order valence-electron chi connectivity index (χ1n) is 19.6. The van der Waals surface area contributed by atoms with Crippen LogP contribution in [0.25, 0.3) is 11.1 Å². The molecule has 58 heavy (non-hydrogen) atoms. The van der Waals surface area contributed by atoms with Crippen molar-refractivity contribution in [2.75, 3.05) is 34.4 Å². The van der Waals surface area contributed by atoms with Crippen LogP contribution in [0.3, 0.4) is 0 Å². The fourth-order valence-corrected chi connectivity index (χ4v) is 7.69.